The fraction of sp³-hybridized carbons (Fsp3) is 0.160. The zero-order valence-electron chi connectivity index (χ0n) is 16.4. The van der Waals surface area contributed by atoms with Gasteiger partial charge in [-0.3, -0.25) is 0 Å². The summed E-state index contributed by atoms with van der Waals surface area (Å²) >= 11 is 0. The van der Waals surface area contributed by atoms with Gasteiger partial charge in [0.2, 0.25) is 0 Å². The molecule has 0 fully saturated rings. The maximum absolute atomic E-state index is 13.9. The van der Waals surface area contributed by atoms with Crippen LogP contribution in [0.15, 0.2) is 78.9 Å². The Kier molecular flexibility index (Phi) is 5.80. The highest BCUT2D eigenvalue weighted by atomic mass is 19.1. The molecule has 0 N–H and O–H groups in total. The van der Waals surface area contributed by atoms with Gasteiger partial charge in [0.05, 0.1) is 17.2 Å². The average molecular weight is 402 g/mol. The highest BCUT2D eigenvalue weighted by Crippen LogP contribution is 2.30. The van der Waals surface area contributed by atoms with Crippen LogP contribution >= 0.6 is 0 Å². The Bertz CT molecular complexity index is 1170. The average Bonchev–Trinajstić information content (AvgIpc) is 3.14. The minimum atomic E-state index is -1.23. The molecule has 0 spiro atoms. The molecule has 4 aromatic rings. The Labute approximate surface area is 174 Å². The molecule has 4 nitrogen and oxygen atoms in total. The second-order valence-corrected chi connectivity index (χ2v) is 7.13. The molecule has 5 heteroatoms. The molecule has 0 saturated carbocycles. The molecule has 30 heavy (non-hydrogen) atoms. The van der Waals surface area contributed by atoms with Crippen molar-refractivity contribution in [2.75, 3.05) is 0 Å². The molecule has 152 valence electrons. The molecule has 4 rings (SSSR count). The zero-order chi connectivity index (χ0) is 20.9. The fourth-order valence-electron chi connectivity index (χ4n) is 3.65. The quantitative estimate of drug-likeness (QED) is 0.440. The van der Waals surface area contributed by atoms with Gasteiger partial charge >= 0.3 is 0 Å². The first-order valence-corrected chi connectivity index (χ1v) is 9.87. The lowest BCUT2D eigenvalue weighted by Gasteiger charge is -2.12. The number of benzene rings is 3. The number of nitrogens with zero attached hydrogens (tertiary/aromatic N) is 1. The maximum atomic E-state index is 13.9. The van der Waals surface area contributed by atoms with Crippen molar-refractivity contribution in [1.82, 2.24) is 4.57 Å². The standard InChI is InChI=1S/C25H22FNO3/c26-21-12-5-4-11-19(21)17-30-24-14-6-13-22-20(24)16-23(25(28)29)27(22)15-7-10-18-8-2-1-3-9-18/h1-6,8-9,11-14,16H,7,10,15,17H2,(H,28,29)/p-1. The van der Waals surface area contributed by atoms with Gasteiger partial charge in [-0.1, -0.05) is 54.6 Å². The molecule has 1 aromatic heterocycles. The molecule has 0 radical (unpaired) electrons. The van der Waals surface area contributed by atoms with E-state index in [4.69, 9.17) is 4.74 Å². The molecule has 0 amide bonds. The van der Waals surface area contributed by atoms with E-state index >= 15 is 0 Å². The predicted octanol–water partition coefficient (Wildman–Crippen LogP) is 4.36. The number of rotatable bonds is 8. The number of hydrogen-bond donors (Lipinski definition) is 0. The largest absolute Gasteiger partial charge is 0.543 e. The molecule has 0 unspecified atom stereocenters. The van der Waals surface area contributed by atoms with Crippen LogP contribution in [0.1, 0.15) is 28.0 Å². The second kappa shape index (κ2) is 8.82. The van der Waals surface area contributed by atoms with Crippen LogP contribution in [-0.4, -0.2) is 10.5 Å². The van der Waals surface area contributed by atoms with E-state index in [-0.39, 0.29) is 18.1 Å². The van der Waals surface area contributed by atoms with Crippen LogP contribution in [-0.2, 0) is 19.6 Å². The third-order valence-corrected chi connectivity index (χ3v) is 5.15. The monoisotopic (exact) mass is 402 g/mol. The van der Waals surface area contributed by atoms with Crippen molar-refractivity contribution in [3.8, 4) is 5.75 Å². The van der Waals surface area contributed by atoms with Crippen LogP contribution in [0.25, 0.3) is 10.9 Å². The number of aryl methyl sites for hydroxylation is 2. The maximum Gasteiger partial charge on any atom is 0.129 e. The van der Waals surface area contributed by atoms with Gasteiger partial charge in [-0.05, 0) is 42.7 Å². The van der Waals surface area contributed by atoms with Crippen LogP contribution in [0.2, 0.25) is 0 Å². The smallest absolute Gasteiger partial charge is 0.129 e. The Hall–Kier alpha value is -3.60. The van der Waals surface area contributed by atoms with Crippen LogP contribution in [0.3, 0.4) is 0 Å². The number of ether oxygens (including phenoxy) is 1. The third kappa shape index (κ3) is 4.20. The predicted molar refractivity (Wildman–Crippen MR) is 112 cm³/mol. The number of hydrogen-bond acceptors (Lipinski definition) is 3. The number of aromatic nitrogens is 1. The summed E-state index contributed by atoms with van der Waals surface area (Å²) in [5, 5.41) is 12.4. The molecular formula is C25H21FNO3-. The molecule has 0 saturated heterocycles. The van der Waals surface area contributed by atoms with E-state index < -0.39 is 5.97 Å². The minimum Gasteiger partial charge on any atom is -0.543 e. The van der Waals surface area contributed by atoms with Gasteiger partial charge in [-0.15, -0.1) is 0 Å². The molecule has 3 aromatic carbocycles. The van der Waals surface area contributed by atoms with Crippen LogP contribution < -0.4 is 9.84 Å². The molecule has 0 aliphatic heterocycles. The molecule has 0 bridgehead atoms. The van der Waals surface area contributed by atoms with E-state index in [9.17, 15) is 14.3 Å². The van der Waals surface area contributed by atoms with E-state index in [1.807, 2.05) is 30.3 Å². The number of carboxylic acids is 1. The zero-order valence-corrected chi connectivity index (χ0v) is 16.4. The molecule has 0 aliphatic carbocycles. The van der Waals surface area contributed by atoms with E-state index in [2.05, 4.69) is 12.1 Å². The summed E-state index contributed by atoms with van der Waals surface area (Å²) in [6.45, 7) is 0.601. The Morgan fingerprint density at radius 2 is 1.73 bits per heavy atom. The Morgan fingerprint density at radius 3 is 2.50 bits per heavy atom. The topological polar surface area (TPSA) is 54.3 Å². The number of carbonyl (C=O) groups is 1. The van der Waals surface area contributed by atoms with Gasteiger partial charge in [0, 0.05) is 17.5 Å². The minimum absolute atomic E-state index is 0.0611. The van der Waals surface area contributed by atoms with E-state index in [1.54, 1.807) is 34.9 Å². The molecule has 1 heterocycles. The summed E-state index contributed by atoms with van der Waals surface area (Å²) in [5.74, 6) is -1.05. The normalized spacial score (nSPS) is 11.0. The lowest BCUT2D eigenvalue weighted by Crippen LogP contribution is -2.25. The van der Waals surface area contributed by atoms with E-state index in [0.717, 1.165) is 18.4 Å². The van der Waals surface area contributed by atoms with Crippen molar-refractivity contribution in [2.24, 2.45) is 0 Å². The van der Waals surface area contributed by atoms with Crippen molar-refractivity contribution in [3.05, 3.63) is 102 Å². The summed E-state index contributed by atoms with van der Waals surface area (Å²) in [6, 6.07) is 23.5. The first-order chi connectivity index (χ1) is 14.6. The molecular weight excluding hydrogens is 381 g/mol. The Balaban J connectivity index is 1.59. The first-order valence-electron chi connectivity index (χ1n) is 9.87. The van der Waals surface area contributed by atoms with Gasteiger partial charge in [0.1, 0.15) is 18.2 Å². The van der Waals surface area contributed by atoms with Crippen molar-refractivity contribution in [1.29, 1.82) is 0 Å². The van der Waals surface area contributed by atoms with Crippen LogP contribution in [0.4, 0.5) is 4.39 Å². The Morgan fingerprint density at radius 1 is 0.967 bits per heavy atom. The lowest BCUT2D eigenvalue weighted by atomic mass is 10.1. The van der Waals surface area contributed by atoms with Gasteiger partial charge in [0.15, 0.2) is 0 Å². The second-order valence-electron chi connectivity index (χ2n) is 7.13. The van der Waals surface area contributed by atoms with Crippen LogP contribution in [0, 0.1) is 5.82 Å². The van der Waals surface area contributed by atoms with Gasteiger partial charge in [-0.2, -0.15) is 0 Å². The van der Waals surface area contributed by atoms with Gasteiger partial charge in [-0.25, -0.2) is 4.39 Å². The van der Waals surface area contributed by atoms with Crippen molar-refractivity contribution in [3.63, 3.8) is 0 Å². The third-order valence-electron chi connectivity index (χ3n) is 5.15. The van der Waals surface area contributed by atoms with Gasteiger partial charge in [0.25, 0.3) is 0 Å². The summed E-state index contributed by atoms with van der Waals surface area (Å²) in [5.41, 5.74) is 2.52. The first kappa shape index (κ1) is 19.7. The van der Waals surface area contributed by atoms with E-state index in [0.29, 0.717) is 23.2 Å². The van der Waals surface area contributed by atoms with Crippen molar-refractivity contribution in [2.45, 2.75) is 26.0 Å². The highest BCUT2D eigenvalue weighted by molar-refractivity contribution is 5.96. The lowest BCUT2D eigenvalue weighted by molar-refractivity contribution is -0.255. The summed E-state index contributed by atoms with van der Waals surface area (Å²) < 4.78 is 21.5. The van der Waals surface area contributed by atoms with Crippen LogP contribution in [0.5, 0.6) is 5.75 Å². The number of fused-ring (bicyclic) bond motifs is 1. The van der Waals surface area contributed by atoms with Crippen molar-refractivity contribution < 1.29 is 19.0 Å². The summed E-state index contributed by atoms with van der Waals surface area (Å²) in [4.78, 5) is 11.7. The van der Waals surface area contributed by atoms with Gasteiger partial charge < -0.3 is 19.2 Å². The molecule has 0 aliphatic rings. The van der Waals surface area contributed by atoms with E-state index in [1.165, 1.54) is 11.6 Å². The van der Waals surface area contributed by atoms with Crippen molar-refractivity contribution >= 4 is 16.9 Å². The summed E-state index contributed by atoms with van der Waals surface area (Å²) in [6.07, 6.45) is 1.63. The SMILES string of the molecule is O=C([O-])c1cc2c(OCc3ccccc3F)cccc2n1CCCc1ccccc1. The highest BCUT2D eigenvalue weighted by Gasteiger charge is 2.14. The number of aromatic carboxylic acids is 1. The number of carbonyl (C=O) groups excluding carboxylic acids is 1. The number of carboxylic acid groups (broad SMARTS) is 1. The summed E-state index contributed by atoms with van der Waals surface area (Å²) in [7, 11) is 0. The fourth-order valence-corrected chi connectivity index (χ4v) is 3.65. The molecule has 0 atom stereocenters. The number of halogens is 1.